The largest absolute Gasteiger partial charge is 0.334 e. The summed E-state index contributed by atoms with van der Waals surface area (Å²) in [6.07, 6.45) is 0.196. The molecule has 5 nitrogen and oxygen atoms in total. The fourth-order valence-electron chi connectivity index (χ4n) is 4.21. The first-order valence-electron chi connectivity index (χ1n) is 10.7. The maximum Gasteiger partial charge on any atom is 0.226 e. The average Bonchev–Trinajstić information content (AvgIpc) is 3.55. The van der Waals surface area contributed by atoms with Crippen LogP contribution < -0.4 is 4.72 Å². The van der Waals surface area contributed by atoms with Crippen LogP contribution in [0.1, 0.15) is 25.3 Å². The number of hydrogen-bond donors (Lipinski definition) is 1. The van der Waals surface area contributed by atoms with Gasteiger partial charge in [-0.1, -0.05) is 24.3 Å². The molecule has 1 amide bonds. The third-order valence-corrected chi connectivity index (χ3v) is 7.44. The highest BCUT2D eigenvalue weighted by Gasteiger charge is 2.48. The molecule has 0 radical (unpaired) electrons. The van der Waals surface area contributed by atoms with Crippen LogP contribution in [0, 0.1) is 17.6 Å². The minimum atomic E-state index is -3.69. The topological polar surface area (TPSA) is 66.5 Å². The fourth-order valence-corrected chi connectivity index (χ4v) is 5.10. The molecular weight excluding hydrogens is 441 g/mol. The molecule has 0 spiro atoms. The molecule has 0 bridgehead atoms. The zero-order valence-corrected chi connectivity index (χ0v) is 18.4. The summed E-state index contributed by atoms with van der Waals surface area (Å²) in [5.41, 5.74) is 1.63. The van der Waals surface area contributed by atoms with Gasteiger partial charge in [-0.05, 0) is 55.0 Å². The molecule has 1 saturated heterocycles. The van der Waals surface area contributed by atoms with Gasteiger partial charge in [-0.15, -0.1) is 0 Å². The first-order chi connectivity index (χ1) is 15.2. The molecule has 32 heavy (non-hydrogen) atoms. The Morgan fingerprint density at radius 3 is 2.41 bits per heavy atom. The average molecular weight is 467 g/mol. The number of nitrogens with zero attached hydrogens (tertiary/aromatic N) is 1. The van der Waals surface area contributed by atoms with Gasteiger partial charge in [-0.2, -0.15) is 0 Å². The number of rotatable bonds is 7. The molecule has 9 heteroatoms. The lowest BCUT2D eigenvalue weighted by Crippen LogP contribution is -2.50. The molecule has 3 atom stereocenters. The molecule has 2 aromatic carbocycles. The number of benzene rings is 2. The van der Waals surface area contributed by atoms with Crippen molar-refractivity contribution in [3.8, 4) is 11.1 Å². The van der Waals surface area contributed by atoms with Crippen molar-refractivity contribution in [1.29, 1.82) is 0 Å². The van der Waals surface area contributed by atoms with Gasteiger partial charge < -0.3 is 4.90 Å². The minimum Gasteiger partial charge on any atom is -0.334 e. The Bertz CT molecular complexity index is 1100. The summed E-state index contributed by atoms with van der Waals surface area (Å²) >= 11 is 0. The predicted molar refractivity (Wildman–Crippen MR) is 115 cm³/mol. The van der Waals surface area contributed by atoms with Crippen LogP contribution in [0.5, 0.6) is 0 Å². The first kappa shape index (κ1) is 22.8. The van der Waals surface area contributed by atoms with E-state index in [0.29, 0.717) is 16.7 Å². The zero-order chi connectivity index (χ0) is 23.0. The van der Waals surface area contributed by atoms with Crippen LogP contribution in [0.15, 0.2) is 42.5 Å². The van der Waals surface area contributed by atoms with Crippen LogP contribution in [0.25, 0.3) is 11.1 Å². The Kier molecular flexibility index (Phi) is 6.31. The summed E-state index contributed by atoms with van der Waals surface area (Å²) in [4.78, 5) is 14.3. The normalized spacial score (nSPS) is 23.5. The quantitative estimate of drug-likeness (QED) is 0.680. The van der Waals surface area contributed by atoms with Gasteiger partial charge in [0.1, 0.15) is 17.8 Å². The zero-order valence-electron chi connectivity index (χ0n) is 17.6. The van der Waals surface area contributed by atoms with E-state index >= 15 is 0 Å². The van der Waals surface area contributed by atoms with Crippen molar-refractivity contribution in [2.24, 2.45) is 5.92 Å². The third-order valence-electron chi connectivity index (χ3n) is 6.05. The van der Waals surface area contributed by atoms with Crippen LogP contribution in [0.2, 0.25) is 0 Å². The first-order valence-corrected chi connectivity index (χ1v) is 12.3. The molecule has 0 aromatic heterocycles. The third kappa shape index (κ3) is 4.99. The number of halogens is 3. The summed E-state index contributed by atoms with van der Waals surface area (Å²) in [6, 6.07) is 8.40. The van der Waals surface area contributed by atoms with Crippen molar-refractivity contribution in [2.45, 2.75) is 44.4 Å². The van der Waals surface area contributed by atoms with Crippen LogP contribution in [0.4, 0.5) is 13.2 Å². The van der Waals surface area contributed by atoms with Crippen molar-refractivity contribution < 1.29 is 26.4 Å². The molecular formula is C23H25F3N2O3S. The standard InChI is InChI=1S/C23H25F3N2O3S/c1-2-32(30,31)27-22-20(26)13-28(23(29)15-6-7-15)21(22)9-14-4-3-5-16(8-14)17-10-18(24)12-19(25)11-17/h3-5,8,10-12,15,20-22,27H,2,6-7,9,13H2,1H3/t20-,21-,22-/m0/s1. The van der Waals surface area contributed by atoms with Gasteiger partial charge in [0.05, 0.1) is 24.4 Å². The lowest BCUT2D eigenvalue weighted by atomic mass is 9.96. The van der Waals surface area contributed by atoms with E-state index in [4.69, 9.17) is 0 Å². The Morgan fingerprint density at radius 2 is 1.78 bits per heavy atom. The van der Waals surface area contributed by atoms with Crippen LogP contribution in [-0.2, 0) is 21.2 Å². The van der Waals surface area contributed by atoms with E-state index in [1.165, 1.54) is 24.0 Å². The summed E-state index contributed by atoms with van der Waals surface area (Å²) in [5, 5.41) is 0. The van der Waals surface area contributed by atoms with Crippen molar-refractivity contribution in [3.05, 3.63) is 59.7 Å². The number of alkyl halides is 1. The highest BCUT2D eigenvalue weighted by Crippen LogP contribution is 2.35. The van der Waals surface area contributed by atoms with Crippen LogP contribution in [0.3, 0.4) is 0 Å². The summed E-state index contributed by atoms with van der Waals surface area (Å²) in [5.74, 6) is -1.87. The van der Waals surface area contributed by atoms with Crippen molar-refractivity contribution in [1.82, 2.24) is 9.62 Å². The van der Waals surface area contributed by atoms with Gasteiger partial charge in [0, 0.05) is 12.0 Å². The Hall–Kier alpha value is -2.39. The predicted octanol–water partition coefficient (Wildman–Crippen LogP) is 3.44. The molecule has 2 aliphatic rings. The fraction of sp³-hybridized carbons (Fsp3) is 0.435. The van der Waals surface area contributed by atoms with E-state index in [0.717, 1.165) is 18.9 Å². The molecule has 2 fully saturated rings. The summed E-state index contributed by atoms with van der Waals surface area (Å²) in [6.45, 7) is 1.31. The van der Waals surface area contributed by atoms with Gasteiger partial charge in [0.2, 0.25) is 15.9 Å². The smallest absolute Gasteiger partial charge is 0.226 e. The van der Waals surface area contributed by atoms with Gasteiger partial charge in [0.25, 0.3) is 0 Å². The summed E-state index contributed by atoms with van der Waals surface area (Å²) < 4.78 is 69.0. The van der Waals surface area contributed by atoms with E-state index in [1.807, 2.05) is 0 Å². The van der Waals surface area contributed by atoms with Crippen molar-refractivity contribution in [2.75, 3.05) is 12.3 Å². The second kappa shape index (κ2) is 8.86. The second-order valence-electron chi connectivity index (χ2n) is 8.46. The number of sulfonamides is 1. The molecule has 1 aliphatic carbocycles. The van der Waals surface area contributed by atoms with E-state index < -0.39 is 39.9 Å². The Labute approximate surface area is 185 Å². The number of amides is 1. The van der Waals surface area contributed by atoms with Crippen molar-refractivity contribution in [3.63, 3.8) is 0 Å². The molecule has 172 valence electrons. The van der Waals surface area contributed by atoms with E-state index in [1.54, 1.807) is 24.3 Å². The van der Waals surface area contributed by atoms with E-state index in [2.05, 4.69) is 4.72 Å². The summed E-state index contributed by atoms with van der Waals surface area (Å²) in [7, 11) is -3.69. The van der Waals surface area contributed by atoms with Gasteiger partial charge in [-0.25, -0.2) is 26.3 Å². The molecule has 4 rings (SSSR count). The number of likely N-dealkylation sites (tertiary alicyclic amines) is 1. The molecule has 1 aliphatic heterocycles. The maximum atomic E-state index is 14.9. The molecule has 1 heterocycles. The monoisotopic (exact) mass is 466 g/mol. The number of carbonyl (C=O) groups excluding carboxylic acids is 1. The van der Waals surface area contributed by atoms with E-state index in [-0.39, 0.29) is 30.5 Å². The minimum absolute atomic E-state index is 0.132. The van der Waals surface area contributed by atoms with Crippen LogP contribution >= 0.6 is 0 Å². The number of hydrogen-bond acceptors (Lipinski definition) is 3. The van der Waals surface area contributed by atoms with Gasteiger partial charge in [-0.3, -0.25) is 4.79 Å². The lowest BCUT2D eigenvalue weighted by molar-refractivity contribution is -0.133. The molecule has 0 unspecified atom stereocenters. The SMILES string of the molecule is CCS(=O)(=O)N[C@H]1[C@@H](F)CN(C(=O)C2CC2)[C@H]1Cc1cccc(-c2cc(F)cc(F)c2)c1. The van der Waals surface area contributed by atoms with E-state index in [9.17, 15) is 26.4 Å². The highest BCUT2D eigenvalue weighted by atomic mass is 32.2. The number of nitrogens with one attached hydrogen (secondary N) is 1. The van der Waals surface area contributed by atoms with Gasteiger partial charge >= 0.3 is 0 Å². The second-order valence-corrected chi connectivity index (χ2v) is 10.5. The Balaban J connectivity index is 1.64. The van der Waals surface area contributed by atoms with Gasteiger partial charge in [0.15, 0.2) is 0 Å². The lowest BCUT2D eigenvalue weighted by Gasteiger charge is -2.28. The highest BCUT2D eigenvalue weighted by molar-refractivity contribution is 7.89. The Morgan fingerprint density at radius 1 is 1.09 bits per heavy atom. The molecule has 1 saturated carbocycles. The maximum absolute atomic E-state index is 14.9. The van der Waals surface area contributed by atoms with Crippen molar-refractivity contribution >= 4 is 15.9 Å². The molecule has 1 N–H and O–H groups in total. The number of carbonyl (C=O) groups is 1. The van der Waals surface area contributed by atoms with Crippen LogP contribution in [-0.4, -0.2) is 49.8 Å². The molecule has 2 aromatic rings.